The largest absolute Gasteiger partial charge is 0.379 e. The van der Waals surface area contributed by atoms with Crippen molar-refractivity contribution in [1.29, 1.82) is 0 Å². The molecule has 1 aliphatic rings. The lowest BCUT2D eigenvalue weighted by molar-refractivity contribution is 0.0198. The third-order valence-corrected chi connectivity index (χ3v) is 3.06. The number of nitrogens with zero attached hydrogens (tertiary/aromatic N) is 1. The van der Waals surface area contributed by atoms with Gasteiger partial charge in [-0.3, -0.25) is 4.90 Å². The van der Waals surface area contributed by atoms with E-state index >= 15 is 0 Å². The first kappa shape index (κ1) is 10.7. The van der Waals surface area contributed by atoms with Crippen LogP contribution in [0.5, 0.6) is 0 Å². The van der Waals surface area contributed by atoms with Crippen LogP contribution in [0.15, 0.2) is 24.3 Å². The standard InChI is InChI=1S/C13H18NO/c1-11-3-5-13(6-4-11)12(2)14-7-9-15-10-8-14/h3-6,12H,1,7-10H2,2H3. The van der Waals surface area contributed by atoms with Gasteiger partial charge in [-0.05, 0) is 25.0 Å². The van der Waals surface area contributed by atoms with Gasteiger partial charge in [0.15, 0.2) is 0 Å². The minimum Gasteiger partial charge on any atom is -0.379 e. The lowest BCUT2D eigenvalue weighted by Crippen LogP contribution is -2.37. The molecule has 1 saturated heterocycles. The van der Waals surface area contributed by atoms with Gasteiger partial charge >= 0.3 is 0 Å². The lowest BCUT2D eigenvalue weighted by Gasteiger charge is -2.32. The molecule has 2 nitrogen and oxygen atoms in total. The summed E-state index contributed by atoms with van der Waals surface area (Å²) in [6.45, 7) is 9.94. The van der Waals surface area contributed by atoms with Crippen LogP contribution in [0.2, 0.25) is 0 Å². The van der Waals surface area contributed by atoms with Crippen LogP contribution in [0, 0.1) is 6.92 Å². The molecule has 0 spiro atoms. The zero-order chi connectivity index (χ0) is 10.7. The highest BCUT2D eigenvalue weighted by Gasteiger charge is 2.17. The summed E-state index contributed by atoms with van der Waals surface area (Å²) in [6, 6.07) is 8.97. The van der Waals surface area contributed by atoms with Crippen LogP contribution in [0.1, 0.15) is 24.1 Å². The maximum absolute atomic E-state index is 5.35. The minimum absolute atomic E-state index is 0.481. The van der Waals surface area contributed by atoms with Crippen molar-refractivity contribution in [3.05, 3.63) is 42.3 Å². The van der Waals surface area contributed by atoms with Crippen LogP contribution >= 0.6 is 0 Å². The van der Waals surface area contributed by atoms with Gasteiger partial charge in [0, 0.05) is 19.1 Å². The minimum atomic E-state index is 0.481. The number of benzene rings is 1. The maximum atomic E-state index is 5.35. The molecule has 0 amide bonds. The van der Waals surface area contributed by atoms with E-state index in [1.54, 1.807) is 0 Å². The van der Waals surface area contributed by atoms with E-state index in [2.05, 4.69) is 43.0 Å². The van der Waals surface area contributed by atoms with Gasteiger partial charge in [-0.25, -0.2) is 0 Å². The summed E-state index contributed by atoms with van der Waals surface area (Å²) in [5.74, 6) is 0. The molecule has 0 saturated carbocycles. The summed E-state index contributed by atoms with van der Waals surface area (Å²) < 4.78 is 5.35. The van der Waals surface area contributed by atoms with Crippen molar-refractivity contribution >= 4 is 0 Å². The Kier molecular flexibility index (Phi) is 3.39. The molecule has 2 rings (SSSR count). The molecule has 1 aromatic rings. The Hall–Kier alpha value is -0.860. The second kappa shape index (κ2) is 4.77. The molecule has 1 fully saturated rings. The highest BCUT2D eigenvalue weighted by Crippen LogP contribution is 2.21. The van der Waals surface area contributed by atoms with E-state index in [9.17, 15) is 0 Å². The fraction of sp³-hybridized carbons (Fsp3) is 0.462. The fourth-order valence-electron chi connectivity index (χ4n) is 1.97. The van der Waals surface area contributed by atoms with Crippen molar-refractivity contribution in [3.8, 4) is 0 Å². The lowest BCUT2D eigenvalue weighted by atomic mass is 10.1. The average Bonchev–Trinajstić information content (AvgIpc) is 2.30. The van der Waals surface area contributed by atoms with Gasteiger partial charge in [0.25, 0.3) is 0 Å². The summed E-state index contributed by atoms with van der Waals surface area (Å²) in [5.41, 5.74) is 2.44. The number of rotatable bonds is 2. The second-order valence-electron chi connectivity index (χ2n) is 4.07. The summed E-state index contributed by atoms with van der Waals surface area (Å²) in [7, 11) is 0. The first-order chi connectivity index (χ1) is 7.27. The summed E-state index contributed by atoms with van der Waals surface area (Å²) in [4.78, 5) is 2.46. The molecule has 81 valence electrons. The molecule has 15 heavy (non-hydrogen) atoms. The van der Waals surface area contributed by atoms with Crippen LogP contribution in [-0.2, 0) is 4.74 Å². The zero-order valence-corrected chi connectivity index (χ0v) is 9.28. The molecule has 1 radical (unpaired) electrons. The molecule has 0 bridgehead atoms. The van der Waals surface area contributed by atoms with Crippen LogP contribution in [0.4, 0.5) is 0 Å². The Morgan fingerprint density at radius 3 is 2.40 bits per heavy atom. The summed E-state index contributed by atoms with van der Waals surface area (Å²) in [5, 5.41) is 0. The highest BCUT2D eigenvalue weighted by atomic mass is 16.5. The quantitative estimate of drug-likeness (QED) is 0.732. The Bertz CT molecular complexity index is 301. The smallest absolute Gasteiger partial charge is 0.0594 e. The summed E-state index contributed by atoms with van der Waals surface area (Å²) in [6.07, 6.45) is 0. The zero-order valence-electron chi connectivity index (χ0n) is 9.28. The Balaban J connectivity index is 2.05. The van der Waals surface area contributed by atoms with Crippen LogP contribution < -0.4 is 0 Å². The van der Waals surface area contributed by atoms with Gasteiger partial charge in [-0.15, -0.1) is 0 Å². The number of morpholine rings is 1. The molecule has 1 aromatic carbocycles. The van der Waals surface area contributed by atoms with E-state index in [1.807, 2.05) is 0 Å². The molecule has 1 atom stereocenters. The molecule has 0 N–H and O–H groups in total. The van der Waals surface area contributed by atoms with Crippen LogP contribution in [-0.4, -0.2) is 31.2 Å². The van der Waals surface area contributed by atoms with E-state index in [0.717, 1.165) is 31.9 Å². The van der Waals surface area contributed by atoms with E-state index in [1.165, 1.54) is 5.56 Å². The summed E-state index contributed by atoms with van der Waals surface area (Å²) >= 11 is 0. The van der Waals surface area contributed by atoms with E-state index in [4.69, 9.17) is 4.74 Å². The van der Waals surface area contributed by atoms with Gasteiger partial charge in [0.1, 0.15) is 0 Å². The normalized spacial score (nSPS) is 20.1. The molecule has 2 heteroatoms. The molecule has 0 aromatic heterocycles. The Morgan fingerprint density at radius 2 is 1.80 bits per heavy atom. The van der Waals surface area contributed by atoms with Crippen molar-refractivity contribution in [3.63, 3.8) is 0 Å². The molecule has 1 heterocycles. The van der Waals surface area contributed by atoms with Crippen molar-refractivity contribution < 1.29 is 4.74 Å². The third kappa shape index (κ3) is 2.58. The van der Waals surface area contributed by atoms with Gasteiger partial charge in [-0.2, -0.15) is 0 Å². The number of ether oxygens (including phenoxy) is 1. The van der Waals surface area contributed by atoms with E-state index in [-0.39, 0.29) is 0 Å². The molecule has 0 aliphatic carbocycles. The second-order valence-corrected chi connectivity index (χ2v) is 4.07. The highest BCUT2D eigenvalue weighted by molar-refractivity contribution is 5.26. The molecule has 1 unspecified atom stereocenters. The fourth-order valence-corrected chi connectivity index (χ4v) is 1.97. The van der Waals surface area contributed by atoms with Gasteiger partial charge < -0.3 is 4.74 Å². The molecular weight excluding hydrogens is 186 g/mol. The van der Waals surface area contributed by atoms with Crippen molar-refractivity contribution in [1.82, 2.24) is 4.90 Å². The first-order valence-corrected chi connectivity index (χ1v) is 5.51. The van der Waals surface area contributed by atoms with Crippen molar-refractivity contribution in [2.24, 2.45) is 0 Å². The topological polar surface area (TPSA) is 12.5 Å². The SMILES string of the molecule is [CH2]c1ccc(C(C)N2CCOCC2)cc1. The van der Waals surface area contributed by atoms with E-state index in [0.29, 0.717) is 6.04 Å². The Labute approximate surface area is 91.9 Å². The predicted molar refractivity (Wildman–Crippen MR) is 61.7 cm³/mol. The monoisotopic (exact) mass is 204 g/mol. The van der Waals surface area contributed by atoms with Gasteiger partial charge in [0.05, 0.1) is 13.2 Å². The number of hydrogen-bond acceptors (Lipinski definition) is 2. The number of hydrogen-bond donors (Lipinski definition) is 0. The van der Waals surface area contributed by atoms with E-state index < -0.39 is 0 Å². The van der Waals surface area contributed by atoms with Crippen molar-refractivity contribution in [2.45, 2.75) is 13.0 Å². The van der Waals surface area contributed by atoms with Gasteiger partial charge in [-0.1, -0.05) is 24.3 Å². The van der Waals surface area contributed by atoms with Gasteiger partial charge in [0.2, 0.25) is 0 Å². The maximum Gasteiger partial charge on any atom is 0.0594 e. The molecular formula is C13H18NO. The third-order valence-electron chi connectivity index (χ3n) is 3.06. The van der Waals surface area contributed by atoms with Crippen LogP contribution in [0.3, 0.4) is 0 Å². The first-order valence-electron chi connectivity index (χ1n) is 5.51. The van der Waals surface area contributed by atoms with Crippen molar-refractivity contribution in [2.75, 3.05) is 26.3 Å². The predicted octanol–water partition coefficient (Wildman–Crippen LogP) is 2.26. The Morgan fingerprint density at radius 1 is 1.20 bits per heavy atom. The van der Waals surface area contributed by atoms with Crippen LogP contribution in [0.25, 0.3) is 0 Å². The average molecular weight is 204 g/mol. The molecule has 1 aliphatic heterocycles.